The predicted octanol–water partition coefficient (Wildman–Crippen LogP) is 2.18. The highest BCUT2D eigenvalue weighted by Crippen LogP contribution is 2.14. The molecule has 1 aromatic heterocycles. The molecular weight excluding hydrogens is 220 g/mol. The molecule has 1 unspecified atom stereocenters. The molecule has 0 aliphatic carbocycles. The predicted molar refractivity (Wildman–Crippen MR) is 70.8 cm³/mol. The molecule has 0 radical (unpaired) electrons. The second-order valence-electron chi connectivity index (χ2n) is 4.12. The van der Waals surface area contributed by atoms with Crippen LogP contribution in [0.4, 0.5) is 0 Å². The summed E-state index contributed by atoms with van der Waals surface area (Å²) < 4.78 is 5.53. The molecule has 1 rings (SSSR count). The lowest BCUT2D eigenvalue weighted by Gasteiger charge is -2.23. The summed E-state index contributed by atoms with van der Waals surface area (Å²) in [4.78, 5) is 2.33. The van der Waals surface area contributed by atoms with Crippen LogP contribution in [0.25, 0.3) is 0 Å². The maximum absolute atomic E-state index is 5.53. The van der Waals surface area contributed by atoms with E-state index in [1.54, 1.807) is 6.26 Å². The lowest BCUT2D eigenvalue weighted by molar-refractivity contribution is 0.246. The van der Waals surface area contributed by atoms with Crippen molar-refractivity contribution < 1.29 is 4.42 Å². The molecule has 1 N–H and O–H groups in total. The Kier molecular flexibility index (Phi) is 5.95. The van der Waals surface area contributed by atoms with Crippen molar-refractivity contribution in [3.8, 4) is 0 Å². The summed E-state index contributed by atoms with van der Waals surface area (Å²) in [6.07, 6.45) is 3.92. The number of rotatable bonds is 7. The fourth-order valence-electron chi connectivity index (χ4n) is 1.60. The molecule has 0 aliphatic rings. The molecule has 1 atom stereocenters. The average molecular weight is 242 g/mol. The van der Waals surface area contributed by atoms with Gasteiger partial charge in [-0.3, -0.25) is 4.90 Å². The lowest BCUT2D eigenvalue weighted by Crippen LogP contribution is -2.30. The Morgan fingerprint density at radius 3 is 2.94 bits per heavy atom. The Hall–Kier alpha value is -0.450. The van der Waals surface area contributed by atoms with E-state index in [0.717, 1.165) is 24.6 Å². The standard InChI is InChI=1S/C12H22N2OS/c1-10(9-16-4)14(3)8-12-11(7-13-2)5-6-15-12/h5-6,10,13H,7-9H2,1-4H3. The highest BCUT2D eigenvalue weighted by Gasteiger charge is 2.13. The minimum absolute atomic E-state index is 0.572. The van der Waals surface area contributed by atoms with Gasteiger partial charge < -0.3 is 9.73 Å². The van der Waals surface area contributed by atoms with Crippen LogP contribution < -0.4 is 5.32 Å². The number of hydrogen-bond donors (Lipinski definition) is 1. The highest BCUT2D eigenvalue weighted by atomic mass is 32.2. The molecule has 1 aromatic rings. The van der Waals surface area contributed by atoms with Gasteiger partial charge in [0, 0.05) is 23.9 Å². The van der Waals surface area contributed by atoms with Gasteiger partial charge in [-0.15, -0.1) is 0 Å². The first kappa shape index (κ1) is 13.6. The van der Waals surface area contributed by atoms with Crippen LogP contribution in [0.3, 0.4) is 0 Å². The third-order valence-corrected chi connectivity index (χ3v) is 3.57. The van der Waals surface area contributed by atoms with Crippen molar-refractivity contribution in [2.24, 2.45) is 0 Å². The number of thioether (sulfide) groups is 1. The third kappa shape index (κ3) is 3.85. The zero-order chi connectivity index (χ0) is 12.0. The van der Waals surface area contributed by atoms with Crippen molar-refractivity contribution in [3.05, 3.63) is 23.7 Å². The molecule has 0 amide bonds. The zero-order valence-electron chi connectivity index (χ0n) is 10.6. The molecule has 0 aliphatic heterocycles. The third-order valence-electron chi connectivity index (χ3n) is 2.76. The van der Waals surface area contributed by atoms with Gasteiger partial charge in [0.1, 0.15) is 5.76 Å². The smallest absolute Gasteiger partial charge is 0.122 e. The van der Waals surface area contributed by atoms with Gasteiger partial charge in [-0.25, -0.2) is 0 Å². The van der Waals surface area contributed by atoms with Gasteiger partial charge in [-0.1, -0.05) is 0 Å². The monoisotopic (exact) mass is 242 g/mol. The second-order valence-corrected chi connectivity index (χ2v) is 5.03. The van der Waals surface area contributed by atoms with E-state index in [1.807, 2.05) is 24.9 Å². The van der Waals surface area contributed by atoms with Gasteiger partial charge in [0.2, 0.25) is 0 Å². The fourth-order valence-corrected chi connectivity index (χ4v) is 2.34. The summed E-state index contributed by atoms with van der Waals surface area (Å²) in [6, 6.07) is 2.61. The topological polar surface area (TPSA) is 28.4 Å². The first-order valence-corrected chi connectivity index (χ1v) is 6.97. The van der Waals surface area contributed by atoms with Gasteiger partial charge in [0.15, 0.2) is 0 Å². The largest absolute Gasteiger partial charge is 0.468 e. The number of furan rings is 1. The maximum Gasteiger partial charge on any atom is 0.122 e. The van der Waals surface area contributed by atoms with E-state index in [0.29, 0.717) is 6.04 Å². The molecule has 16 heavy (non-hydrogen) atoms. The van der Waals surface area contributed by atoms with Crippen molar-refractivity contribution >= 4 is 11.8 Å². The summed E-state index contributed by atoms with van der Waals surface area (Å²) in [5, 5.41) is 3.16. The van der Waals surface area contributed by atoms with Crippen molar-refractivity contribution in [3.63, 3.8) is 0 Å². The molecule has 0 aromatic carbocycles. The van der Waals surface area contributed by atoms with Crippen molar-refractivity contribution in [2.45, 2.75) is 26.1 Å². The Bertz CT molecular complexity index is 301. The average Bonchev–Trinajstić information content (AvgIpc) is 2.67. The summed E-state index contributed by atoms with van der Waals surface area (Å²) in [6.45, 7) is 4.00. The Balaban J connectivity index is 2.54. The van der Waals surface area contributed by atoms with E-state index >= 15 is 0 Å². The summed E-state index contributed by atoms with van der Waals surface area (Å²) in [5.41, 5.74) is 1.26. The number of hydrogen-bond acceptors (Lipinski definition) is 4. The lowest BCUT2D eigenvalue weighted by atomic mass is 10.2. The Labute approximate surface area is 103 Å². The van der Waals surface area contributed by atoms with E-state index in [1.165, 1.54) is 5.56 Å². The van der Waals surface area contributed by atoms with E-state index in [4.69, 9.17) is 4.42 Å². The van der Waals surface area contributed by atoms with Crippen molar-refractivity contribution in [1.29, 1.82) is 0 Å². The van der Waals surface area contributed by atoms with Gasteiger partial charge in [0.05, 0.1) is 12.8 Å². The number of nitrogens with zero attached hydrogens (tertiary/aromatic N) is 1. The fraction of sp³-hybridized carbons (Fsp3) is 0.667. The van der Waals surface area contributed by atoms with E-state index in [2.05, 4.69) is 30.4 Å². The molecule has 0 bridgehead atoms. The van der Waals surface area contributed by atoms with Gasteiger partial charge in [-0.05, 0) is 33.3 Å². The minimum Gasteiger partial charge on any atom is -0.468 e. The van der Waals surface area contributed by atoms with Crippen molar-refractivity contribution in [2.75, 3.05) is 26.1 Å². The highest BCUT2D eigenvalue weighted by molar-refractivity contribution is 7.98. The molecule has 1 heterocycles. The molecule has 0 saturated carbocycles. The number of nitrogens with one attached hydrogen (secondary N) is 1. The van der Waals surface area contributed by atoms with Crippen LogP contribution in [0.2, 0.25) is 0 Å². The van der Waals surface area contributed by atoms with E-state index in [9.17, 15) is 0 Å². The molecule has 0 spiro atoms. The van der Waals surface area contributed by atoms with Crippen LogP contribution in [0, 0.1) is 0 Å². The maximum atomic E-state index is 5.53. The molecular formula is C12H22N2OS. The van der Waals surface area contributed by atoms with Crippen LogP contribution in [-0.2, 0) is 13.1 Å². The van der Waals surface area contributed by atoms with Crippen LogP contribution in [0.5, 0.6) is 0 Å². The Morgan fingerprint density at radius 1 is 1.56 bits per heavy atom. The second kappa shape index (κ2) is 6.99. The summed E-state index contributed by atoms with van der Waals surface area (Å²) >= 11 is 1.88. The summed E-state index contributed by atoms with van der Waals surface area (Å²) in [7, 11) is 4.10. The normalized spacial score (nSPS) is 13.3. The van der Waals surface area contributed by atoms with Crippen LogP contribution >= 0.6 is 11.8 Å². The van der Waals surface area contributed by atoms with E-state index < -0.39 is 0 Å². The molecule has 4 heteroatoms. The molecule has 0 fully saturated rings. The minimum atomic E-state index is 0.572. The first-order chi connectivity index (χ1) is 7.69. The zero-order valence-corrected chi connectivity index (χ0v) is 11.4. The first-order valence-electron chi connectivity index (χ1n) is 5.58. The van der Waals surface area contributed by atoms with Gasteiger partial charge in [0.25, 0.3) is 0 Å². The van der Waals surface area contributed by atoms with Crippen LogP contribution in [0.1, 0.15) is 18.2 Å². The molecule has 92 valence electrons. The molecule has 0 saturated heterocycles. The summed E-state index contributed by atoms with van der Waals surface area (Å²) in [5.74, 6) is 2.23. The van der Waals surface area contributed by atoms with Crippen molar-refractivity contribution in [1.82, 2.24) is 10.2 Å². The molecule has 3 nitrogen and oxygen atoms in total. The SMILES string of the molecule is CNCc1ccoc1CN(C)C(C)CSC. The quantitative estimate of drug-likeness (QED) is 0.793. The van der Waals surface area contributed by atoms with Crippen LogP contribution in [0.15, 0.2) is 16.7 Å². The van der Waals surface area contributed by atoms with Gasteiger partial charge in [-0.2, -0.15) is 11.8 Å². The van der Waals surface area contributed by atoms with Gasteiger partial charge >= 0.3 is 0 Å². The van der Waals surface area contributed by atoms with Crippen LogP contribution in [-0.4, -0.2) is 37.0 Å². The Morgan fingerprint density at radius 2 is 2.31 bits per heavy atom. The van der Waals surface area contributed by atoms with E-state index in [-0.39, 0.29) is 0 Å².